The van der Waals surface area contributed by atoms with Gasteiger partial charge in [-0.25, -0.2) is 0 Å². The van der Waals surface area contributed by atoms with Gasteiger partial charge in [0.2, 0.25) is 0 Å². The summed E-state index contributed by atoms with van der Waals surface area (Å²) in [5.74, 6) is 0. The van der Waals surface area contributed by atoms with E-state index in [0.29, 0.717) is 17.8 Å². The Labute approximate surface area is 62.6 Å². The van der Waals surface area contributed by atoms with Gasteiger partial charge >= 0.3 is 0 Å². The van der Waals surface area contributed by atoms with Crippen LogP contribution < -0.4 is 11.1 Å². The first-order chi connectivity index (χ1) is 4.16. The summed E-state index contributed by atoms with van der Waals surface area (Å²) in [7, 11) is 0. The molecule has 3 N–H and O–H groups in total. The van der Waals surface area contributed by atoms with Crippen LogP contribution in [-0.2, 0) is 0 Å². The standard InChI is InChI=1S/C6H16N2S/c1-5(3-7)8-4-6(2)9/h5-6,8-9H,3-4,7H2,1-2H3. The molecule has 9 heavy (non-hydrogen) atoms. The van der Waals surface area contributed by atoms with Gasteiger partial charge in [0, 0.05) is 24.4 Å². The van der Waals surface area contributed by atoms with E-state index in [4.69, 9.17) is 5.73 Å². The summed E-state index contributed by atoms with van der Waals surface area (Å²) in [5.41, 5.74) is 5.37. The molecule has 0 aliphatic carbocycles. The molecule has 0 bridgehead atoms. The molecule has 0 aliphatic rings. The molecule has 0 heterocycles. The van der Waals surface area contributed by atoms with Crippen LogP contribution in [0.4, 0.5) is 0 Å². The maximum absolute atomic E-state index is 5.37. The Bertz CT molecular complexity index is 66.1. The molecular formula is C6H16N2S. The average Bonchev–Trinajstić information content (AvgIpc) is 1.83. The second-order valence-corrected chi connectivity index (χ2v) is 3.28. The summed E-state index contributed by atoms with van der Waals surface area (Å²) in [6.07, 6.45) is 0. The van der Waals surface area contributed by atoms with Gasteiger partial charge in [-0.3, -0.25) is 0 Å². The summed E-state index contributed by atoms with van der Waals surface area (Å²) < 4.78 is 0. The van der Waals surface area contributed by atoms with Crippen LogP contribution in [0, 0.1) is 0 Å². The molecule has 0 saturated carbocycles. The number of rotatable bonds is 4. The Morgan fingerprint density at radius 2 is 2.11 bits per heavy atom. The highest BCUT2D eigenvalue weighted by molar-refractivity contribution is 7.80. The molecule has 3 heteroatoms. The second kappa shape index (κ2) is 5.09. The van der Waals surface area contributed by atoms with E-state index in [9.17, 15) is 0 Å². The molecule has 0 aromatic rings. The number of thiol groups is 1. The van der Waals surface area contributed by atoms with E-state index in [0.717, 1.165) is 6.54 Å². The third kappa shape index (κ3) is 6.15. The lowest BCUT2D eigenvalue weighted by atomic mass is 10.3. The van der Waals surface area contributed by atoms with Crippen LogP contribution in [0.3, 0.4) is 0 Å². The highest BCUT2D eigenvalue weighted by Gasteiger charge is 1.98. The molecule has 0 aliphatic heterocycles. The highest BCUT2D eigenvalue weighted by Crippen LogP contribution is 1.89. The van der Waals surface area contributed by atoms with Crippen molar-refractivity contribution in [2.24, 2.45) is 5.73 Å². The average molecular weight is 148 g/mol. The molecule has 0 radical (unpaired) electrons. The van der Waals surface area contributed by atoms with Crippen molar-refractivity contribution in [1.29, 1.82) is 0 Å². The first-order valence-electron chi connectivity index (χ1n) is 3.28. The maximum Gasteiger partial charge on any atom is 0.0162 e. The van der Waals surface area contributed by atoms with Crippen molar-refractivity contribution in [2.75, 3.05) is 13.1 Å². The normalized spacial score (nSPS) is 17.3. The van der Waals surface area contributed by atoms with Crippen molar-refractivity contribution in [2.45, 2.75) is 25.1 Å². The van der Waals surface area contributed by atoms with Crippen molar-refractivity contribution in [3.05, 3.63) is 0 Å². The molecule has 0 rings (SSSR count). The first kappa shape index (κ1) is 9.27. The number of hydrogen-bond acceptors (Lipinski definition) is 3. The second-order valence-electron chi connectivity index (χ2n) is 2.39. The van der Waals surface area contributed by atoms with Gasteiger partial charge in [0.05, 0.1) is 0 Å². The van der Waals surface area contributed by atoms with E-state index in [-0.39, 0.29) is 0 Å². The third-order valence-electron chi connectivity index (χ3n) is 1.12. The number of hydrogen-bond donors (Lipinski definition) is 3. The molecule has 0 aromatic heterocycles. The van der Waals surface area contributed by atoms with Crippen molar-refractivity contribution < 1.29 is 0 Å². The number of nitrogens with one attached hydrogen (secondary N) is 1. The zero-order valence-electron chi connectivity index (χ0n) is 6.09. The lowest BCUT2D eigenvalue weighted by Gasteiger charge is -2.11. The Hall–Kier alpha value is 0.270. The summed E-state index contributed by atoms with van der Waals surface area (Å²) in [6, 6.07) is 0.416. The molecule has 0 fully saturated rings. The van der Waals surface area contributed by atoms with Gasteiger partial charge < -0.3 is 11.1 Å². The molecule has 56 valence electrons. The first-order valence-corrected chi connectivity index (χ1v) is 3.80. The highest BCUT2D eigenvalue weighted by atomic mass is 32.1. The van der Waals surface area contributed by atoms with Crippen LogP contribution in [0.1, 0.15) is 13.8 Å². The van der Waals surface area contributed by atoms with Crippen LogP contribution >= 0.6 is 12.6 Å². The van der Waals surface area contributed by atoms with E-state index >= 15 is 0 Å². The van der Waals surface area contributed by atoms with E-state index in [1.165, 1.54) is 0 Å². The maximum atomic E-state index is 5.37. The molecule has 2 nitrogen and oxygen atoms in total. The Balaban J connectivity index is 3.06. The summed E-state index contributed by atoms with van der Waals surface area (Å²) in [5, 5.41) is 3.65. The minimum Gasteiger partial charge on any atom is -0.329 e. The van der Waals surface area contributed by atoms with Crippen LogP contribution in [0.2, 0.25) is 0 Å². The quantitative estimate of drug-likeness (QED) is 0.500. The summed E-state index contributed by atoms with van der Waals surface area (Å²) >= 11 is 4.21. The Morgan fingerprint density at radius 1 is 1.56 bits per heavy atom. The Morgan fingerprint density at radius 3 is 2.44 bits per heavy atom. The van der Waals surface area contributed by atoms with Gasteiger partial charge in [-0.1, -0.05) is 6.92 Å². The molecule has 2 unspecified atom stereocenters. The number of nitrogens with two attached hydrogens (primary N) is 1. The lowest BCUT2D eigenvalue weighted by Crippen LogP contribution is -2.36. The fourth-order valence-electron chi connectivity index (χ4n) is 0.455. The van der Waals surface area contributed by atoms with Gasteiger partial charge in [-0.2, -0.15) is 12.6 Å². The van der Waals surface area contributed by atoms with Crippen LogP contribution in [-0.4, -0.2) is 24.4 Å². The van der Waals surface area contributed by atoms with Crippen molar-refractivity contribution in [1.82, 2.24) is 5.32 Å². The smallest absolute Gasteiger partial charge is 0.0162 e. The van der Waals surface area contributed by atoms with Gasteiger partial charge in [-0.05, 0) is 6.92 Å². The van der Waals surface area contributed by atoms with Crippen molar-refractivity contribution >= 4 is 12.6 Å². The minimum absolute atomic E-state index is 0.416. The molecule has 0 saturated heterocycles. The van der Waals surface area contributed by atoms with Crippen LogP contribution in [0.25, 0.3) is 0 Å². The van der Waals surface area contributed by atoms with Gasteiger partial charge in [0.1, 0.15) is 0 Å². The molecule has 0 aromatic carbocycles. The zero-order valence-corrected chi connectivity index (χ0v) is 6.99. The molecule has 2 atom stereocenters. The predicted molar refractivity (Wildman–Crippen MR) is 45.0 cm³/mol. The van der Waals surface area contributed by atoms with E-state index in [1.54, 1.807) is 0 Å². The SMILES string of the molecule is CC(S)CNC(C)CN. The van der Waals surface area contributed by atoms with Crippen molar-refractivity contribution in [3.8, 4) is 0 Å². The van der Waals surface area contributed by atoms with Crippen LogP contribution in [0.15, 0.2) is 0 Å². The largest absolute Gasteiger partial charge is 0.329 e. The third-order valence-corrected chi connectivity index (χ3v) is 1.30. The Kier molecular flexibility index (Phi) is 5.24. The monoisotopic (exact) mass is 148 g/mol. The fourth-order valence-corrected chi connectivity index (χ4v) is 0.560. The zero-order chi connectivity index (χ0) is 7.28. The van der Waals surface area contributed by atoms with Gasteiger partial charge in [0.25, 0.3) is 0 Å². The molecular weight excluding hydrogens is 132 g/mol. The van der Waals surface area contributed by atoms with Gasteiger partial charge in [0.15, 0.2) is 0 Å². The van der Waals surface area contributed by atoms with E-state index in [2.05, 4.69) is 31.8 Å². The minimum atomic E-state index is 0.416. The fraction of sp³-hybridized carbons (Fsp3) is 1.00. The molecule has 0 spiro atoms. The van der Waals surface area contributed by atoms with Crippen LogP contribution in [0.5, 0.6) is 0 Å². The summed E-state index contributed by atoms with van der Waals surface area (Å²) in [4.78, 5) is 0. The molecule has 0 amide bonds. The van der Waals surface area contributed by atoms with Crippen molar-refractivity contribution in [3.63, 3.8) is 0 Å². The lowest BCUT2D eigenvalue weighted by molar-refractivity contribution is 0.559. The van der Waals surface area contributed by atoms with Gasteiger partial charge in [-0.15, -0.1) is 0 Å². The summed E-state index contributed by atoms with van der Waals surface area (Å²) in [6.45, 7) is 5.75. The van der Waals surface area contributed by atoms with E-state index < -0.39 is 0 Å². The topological polar surface area (TPSA) is 38.0 Å². The van der Waals surface area contributed by atoms with E-state index in [1.807, 2.05) is 0 Å². The predicted octanol–water partition coefficient (Wildman–Crippen LogP) is 0.241.